The van der Waals surface area contributed by atoms with E-state index >= 15 is 0 Å². The van der Waals surface area contributed by atoms with Crippen LogP contribution in [0.15, 0.2) is 108 Å². The Morgan fingerprint density at radius 1 is 0.830 bits per heavy atom. The summed E-state index contributed by atoms with van der Waals surface area (Å²) in [5, 5.41) is 4.89. The lowest BCUT2D eigenvalue weighted by atomic mass is 10.1. The Bertz CT molecular complexity index is 1860. The van der Waals surface area contributed by atoms with E-state index in [0.717, 1.165) is 9.80 Å². The highest BCUT2D eigenvalue weighted by molar-refractivity contribution is 8.00. The van der Waals surface area contributed by atoms with Gasteiger partial charge in [-0.05, 0) is 91.4 Å². The zero-order valence-electron chi connectivity index (χ0n) is 25.8. The maximum atomic E-state index is 13.5. The van der Waals surface area contributed by atoms with E-state index in [9.17, 15) is 24.0 Å². The summed E-state index contributed by atoms with van der Waals surface area (Å²) in [5.41, 5.74) is 2.33. The number of nitrogens with one attached hydrogen (secondary N) is 2. The summed E-state index contributed by atoms with van der Waals surface area (Å²) >= 11 is 1.25. The number of ether oxygens (including phenoxy) is 2. The standard InChI is InChI=1S/C36H31N3O7S/c1-22(40)24-10-14-27(15-11-24)39-33(41)21-32(36(39)44)47-28-16-12-26(13-17-28)37-35(43)29(38-34(42)25-7-5-4-6-8-25)19-23-9-18-30(45-2)31(20-23)46-3/h4-20,32H,21H2,1-3H3,(H,37,43)(H,38,42)/b29-19-. The summed E-state index contributed by atoms with van der Waals surface area (Å²) in [6, 6.07) is 26.8. The number of imide groups is 1. The number of benzene rings is 4. The summed E-state index contributed by atoms with van der Waals surface area (Å²) in [5.74, 6) is -0.816. The lowest BCUT2D eigenvalue weighted by Crippen LogP contribution is -2.31. The summed E-state index contributed by atoms with van der Waals surface area (Å²) in [6.45, 7) is 1.45. The van der Waals surface area contributed by atoms with Crippen molar-refractivity contribution in [2.45, 2.75) is 23.5 Å². The number of anilines is 2. The maximum Gasteiger partial charge on any atom is 0.272 e. The third kappa shape index (κ3) is 7.77. The number of hydrogen-bond acceptors (Lipinski definition) is 8. The molecule has 1 fully saturated rings. The van der Waals surface area contributed by atoms with Crippen molar-refractivity contribution in [2.75, 3.05) is 24.4 Å². The minimum atomic E-state index is -0.625. The zero-order valence-corrected chi connectivity index (χ0v) is 26.6. The average Bonchev–Trinajstić information content (AvgIpc) is 3.36. The van der Waals surface area contributed by atoms with Crippen LogP contribution in [0.2, 0.25) is 0 Å². The van der Waals surface area contributed by atoms with Crippen LogP contribution >= 0.6 is 11.8 Å². The Kier molecular flexibility index (Phi) is 10.2. The van der Waals surface area contributed by atoms with Gasteiger partial charge in [0.1, 0.15) is 5.70 Å². The number of rotatable bonds is 11. The predicted molar refractivity (Wildman–Crippen MR) is 180 cm³/mol. The van der Waals surface area contributed by atoms with Crippen LogP contribution in [0.5, 0.6) is 11.5 Å². The topological polar surface area (TPSA) is 131 Å². The zero-order chi connectivity index (χ0) is 33.5. The van der Waals surface area contributed by atoms with E-state index in [2.05, 4.69) is 10.6 Å². The highest BCUT2D eigenvalue weighted by atomic mass is 32.2. The molecule has 1 heterocycles. The van der Waals surface area contributed by atoms with Crippen molar-refractivity contribution in [3.8, 4) is 11.5 Å². The number of methoxy groups -OCH3 is 2. The first-order valence-corrected chi connectivity index (χ1v) is 15.4. The lowest BCUT2D eigenvalue weighted by molar-refractivity contribution is -0.121. The molecule has 0 spiro atoms. The van der Waals surface area contributed by atoms with Crippen LogP contribution < -0.4 is 25.0 Å². The second-order valence-electron chi connectivity index (χ2n) is 10.5. The van der Waals surface area contributed by atoms with Crippen molar-refractivity contribution in [1.29, 1.82) is 0 Å². The molecule has 5 rings (SSSR count). The maximum absolute atomic E-state index is 13.5. The van der Waals surface area contributed by atoms with Gasteiger partial charge in [-0.25, -0.2) is 4.90 Å². The van der Waals surface area contributed by atoms with E-state index in [1.165, 1.54) is 39.0 Å². The van der Waals surface area contributed by atoms with Crippen LogP contribution in [0.1, 0.15) is 39.6 Å². The Balaban J connectivity index is 1.29. The minimum Gasteiger partial charge on any atom is -0.493 e. The molecule has 0 aliphatic carbocycles. The van der Waals surface area contributed by atoms with Crippen LogP contribution in [0.4, 0.5) is 11.4 Å². The second-order valence-corrected chi connectivity index (χ2v) is 11.7. The van der Waals surface area contributed by atoms with Crippen LogP contribution in [0.25, 0.3) is 6.08 Å². The van der Waals surface area contributed by atoms with Crippen LogP contribution in [0, 0.1) is 0 Å². The van der Waals surface area contributed by atoms with Crippen molar-refractivity contribution in [3.63, 3.8) is 0 Å². The average molecular weight is 650 g/mol. The highest BCUT2D eigenvalue weighted by Crippen LogP contribution is 2.35. The number of carbonyl (C=O) groups is 5. The largest absolute Gasteiger partial charge is 0.493 e. The summed E-state index contributed by atoms with van der Waals surface area (Å²) in [4.78, 5) is 65.8. The minimum absolute atomic E-state index is 0.00369. The van der Waals surface area contributed by atoms with Crippen molar-refractivity contribution in [2.24, 2.45) is 0 Å². The van der Waals surface area contributed by atoms with E-state index in [-0.39, 0.29) is 29.7 Å². The van der Waals surface area contributed by atoms with Crippen molar-refractivity contribution in [3.05, 3.63) is 119 Å². The van der Waals surface area contributed by atoms with Gasteiger partial charge in [0, 0.05) is 28.1 Å². The number of amides is 4. The highest BCUT2D eigenvalue weighted by Gasteiger charge is 2.40. The molecule has 0 radical (unpaired) electrons. The third-order valence-electron chi connectivity index (χ3n) is 7.28. The number of thioether (sulfide) groups is 1. The number of hydrogen-bond donors (Lipinski definition) is 2. The fourth-order valence-corrected chi connectivity index (χ4v) is 5.90. The number of carbonyl (C=O) groups excluding carboxylic acids is 5. The molecule has 47 heavy (non-hydrogen) atoms. The van der Waals surface area contributed by atoms with Crippen molar-refractivity contribution in [1.82, 2.24) is 5.32 Å². The van der Waals surface area contributed by atoms with Crippen molar-refractivity contribution < 1.29 is 33.4 Å². The summed E-state index contributed by atoms with van der Waals surface area (Å²) in [6.07, 6.45) is 1.56. The van der Waals surface area contributed by atoms with Crippen LogP contribution in [-0.4, -0.2) is 48.9 Å². The SMILES string of the molecule is COc1ccc(/C=C(\NC(=O)c2ccccc2)C(=O)Nc2ccc(SC3CC(=O)N(c4ccc(C(C)=O)cc4)C3=O)cc2)cc1OC. The molecule has 238 valence electrons. The Hall–Kier alpha value is -5.68. The van der Waals surface area contributed by atoms with Gasteiger partial charge in [-0.2, -0.15) is 0 Å². The number of Topliss-reactive ketones (excluding diaryl/α,β-unsaturated/α-hetero) is 1. The predicted octanol–water partition coefficient (Wildman–Crippen LogP) is 5.74. The van der Waals surface area contributed by atoms with Gasteiger partial charge >= 0.3 is 0 Å². The molecule has 1 aliphatic rings. The normalized spacial score (nSPS) is 14.5. The fourth-order valence-electron chi connectivity index (χ4n) is 4.84. The van der Waals surface area contributed by atoms with E-state index in [0.29, 0.717) is 39.6 Å². The molecule has 4 amide bonds. The van der Waals surface area contributed by atoms with E-state index < -0.39 is 17.1 Å². The molecule has 4 aromatic carbocycles. The molecule has 0 bridgehead atoms. The molecule has 0 saturated carbocycles. The Morgan fingerprint density at radius 2 is 1.51 bits per heavy atom. The van der Waals surface area contributed by atoms with Gasteiger partial charge in [0.05, 0.1) is 25.2 Å². The van der Waals surface area contributed by atoms with Crippen LogP contribution in [0.3, 0.4) is 0 Å². The van der Waals surface area contributed by atoms with Gasteiger partial charge in [-0.15, -0.1) is 11.8 Å². The molecular formula is C36H31N3O7S. The summed E-state index contributed by atoms with van der Waals surface area (Å²) < 4.78 is 10.7. The fraction of sp³-hybridized carbons (Fsp3) is 0.139. The van der Waals surface area contributed by atoms with Gasteiger partial charge in [0.15, 0.2) is 17.3 Å². The Morgan fingerprint density at radius 3 is 2.15 bits per heavy atom. The first-order chi connectivity index (χ1) is 22.7. The van der Waals surface area contributed by atoms with Gasteiger partial charge in [-0.1, -0.05) is 24.3 Å². The molecule has 1 saturated heterocycles. The van der Waals surface area contributed by atoms with Gasteiger partial charge in [0.2, 0.25) is 11.8 Å². The molecular weight excluding hydrogens is 618 g/mol. The quantitative estimate of drug-likeness (QED) is 0.120. The van der Waals surface area contributed by atoms with Crippen LogP contribution in [-0.2, 0) is 14.4 Å². The van der Waals surface area contributed by atoms with Gasteiger partial charge in [-0.3, -0.25) is 24.0 Å². The molecule has 10 nitrogen and oxygen atoms in total. The van der Waals surface area contributed by atoms with Gasteiger partial charge < -0.3 is 20.1 Å². The molecule has 1 aliphatic heterocycles. The van der Waals surface area contributed by atoms with Crippen molar-refractivity contribution >= 4 is 58.6 Å². The molecule has 1 unspecified atom stereocenters. The molecule has 1 atom stereocenters. The third-order valence-corrected chi connectivity index (χ3v) is 8.47. The monoisotopic (exact) mass is 649 g/mol. The molecule has 0 aromatic heterocycles. The van der Waals surface area contributed by atoms with Gasteiger partial charge in [0.25, 0.3) is 11.8 Å². The first kappa shape index (κ1) is 32.7. The number of nitrogens with zero attached hydrogens (tertiary/aromatic N) is 1. The van der Waals surface area contributed by atoms with E-state index in [1.54, 1.807) is 97.1 Å². The molecule has 4 aromatic rings. The molecule has 11 heteroatoms. The summed E-state index contributed by atoms with van der Waals surface area (Å²) in [7, 11) is 3.02. The number of ketones is 1. The first-order valence-electron chi connectivity index (χ1n) is 14.5. The Labute approximate surface area is 275 Å². The lowest BCUT2D eigenvalue weighted by Gasteiger charge is -2.15. The van der Waals surface area contributed by atoms with E-state index in [4.69, 9.17) is 9.47 Å². The smallest absolute Gasteiger partial charge is 0.272 e. The van der Waals surface area contributed by atoms with E-state index in [1.807, 2.05) is 0 Å². The molecule has 2 N–H and O–H groups in total. The second kappa shape index (κ2) is 14.6.